The van der Waals surface area contributed by atoms with Gasteiger partial charge in [0.25, 0.3) is 0 Å². The number of nitrogens with zero attached hydrogens (tertiary/aromatic N) is 2. The third-order valence-corrected chi connectivity index (χ3v) is 2.83. The predicted octanol–water partition coefficient (Wildman–Crippen LogP) is 1.83. The van der Waals surface area contributed by atoms with Crippen LogP contribution in [0.4, 0.5) is 10.6 Å². The second-order valence-electron chi connectivity index (χ2n) is 5.28. The van der Waals surface area contributed by atoms with Crippen molar-refractivity contribution in [3.8, 4) is 0 Å². The molecule has 9 heteroatoms. The third kappa shape index (κ3) is 6.17. The van der Waals surface area contributed by atoms with Crippen LogP contribution in [0.25, 0.3) is 0 Å². The molecule has 0 saturated carbocycles. The maximum absolute atomic E-state index is 11.5. The van der Waals surface area contributed by atoms with Crippen molar-refractivity contribution in [1.29, 1.82) is 0 Å². The lowest BCUT2D eigenvalue weighted by atomic mass is 10.2. The maximum Gasteiger partial charge on any atom is 0.407 e. The minimum Gasteiger partial charge on any atom is -0.477 e. The predicted molar refractivity (Wildman–Crippen MR) is 83.5 cm³/mol. The Balaban J connectivity index is 2.54. The summed E-state index contributed by atoms with van der Waals surface area (Å²) in [5.74, 6) is -0.895. The van der Waals surface area contributed by atoms with Crippen molar-refractivity contribution in [2.45, 2.75) is 31.5 Å². The SMILES string of the molecule is CSc1ncc(C(=O)O)c(NCCNC(=O)OC(C)(C)C)n1. The number of anilines is 1. The summed E-state index contributed by atoms with van der Waals surface area (Å²) in [6, 6.07) is 0. The van der Waals surface area contributed by atoms with Gasteiger partial charge in [0, 0.05) is 19.3 Å². The van der Waals surface area contributed by atoms with Crippen molar-refractivity contribution in [3.63, 3.8) is 0 Å². The number of hydrogen-bond acceptors (Lipinski definition) is 7. The molecule has 0 radical (unpaired) electrons. The highest BCUT2D eigenvalue weighted by atomic mass is 32.2. The number of alkyl carbamates (subject to hydrolysis) is 1. The number of thioether (sulfide) groups is 1. The van der Waals surface area contributed by atoms with E-state index in [1.54, 1.807) is 27.0 Å². The van der Waals surface area contributed by atoms with E-state index in [-0.39, 0.29) is 17.9 Å². The largest absolute Gasteiger partial charge is 0.477 e. The summed E-state index contributed by atoms with van der Waals surface area (Å²) in [5.41, 5.74) is -0.580. The Kier molecular flexibility index (Phi) is 6.41. The number of carboxylic acids is 1. The van der Waals surface area contributed by atoms with Crippen LogP contribution in [0.3, 0.4) is 0 Å². The lowest BCUT2D eigenvalue weighted by Crippen LogP contribution is -2.35. The average Bonchev–Trinajstić information content (AvgIpc) is 2.41. The molecule has 0 aliphatic heterocycles. The first-order valence-corrected chi connectivity index (χ1v) is 7.80. The van der Waals surface area contributed by atoms with Crippen LogP contribution in [0, 0.1) is 0 Å². The second-order valence-corrected chi connectivity index (χ2v) is 6.05. The Labute approximate surface area is 133 Å². The van der Waals surface area contributed by atoms with Gasteiger partial charge in [0.2, 0.25) is 0 Å². The highest BCUT2D eigenvalue weighted by Gasteiger charge is 2.16. The summed E-state index contributed by atoms with van der Waals surface area (Å²) in [6.45, 7) is 5.90. The summed E-state index contributed by atoms with van der Waals surface area (Å²) in [6.07, 6.45) is 2.52. The Bertz CT molecular complexity index is 545. The van der Waals surface area contributed by atoms with Crippen molar-refractivity contribution in [2.24, 2.45) is 0 Å². The normalized spacial score (nSPS) is 10.9. The molecule has 0 unspecified atom stereocenters. The van der Waals surface area contributed by atoms with Gasteiger partial charge in [-0.25, -0.2) is 19.6 Å². The minimum atomic E-state index is -1.12. The molecule has 1 aromatic rings. The molecule has 22 heavy (non-hydrogen) atoms. The van der Waals surface area contributed by atoms with Gasteiger partial charge in [0.1, 0.15) is 17.0 Å². The zero-order valence-corrected chi connectivity index (χ0v) is 13.8. The highest BCUT2D eigenvalue weighted by Crippen LogP contribution is 2.16. The molecule has 0 fully saturated rings. The smallest absolute Gasteiger partial charge is 0.407 e. The van der Waals surface area contributed by atoms with E-state index in [4.69, 9.17) is 9.84 Å². The van der Waals surface area contributed by atoms with Gasteiger partial charge in [-0.05, 0) is 27.0 Å². The van der Waals surface area contributed by atoms with Crippen LogP contribution in [-0.2, 0) is 4.74 Å². The van der Waals surface area contributed by atoms with E-state index in [0.29, 0.717) is 11.7 Å². The van der Waals surface area contributed by atoms with Crippen LogP contribution >= 0.6 is 11.8 Å². The number of nitrogens with one attached hydrogen (secondary N) is 2. The quantitative estimate of drug-likeness (QED) is 0.412. The van der Waals surface area contributed by atoms with Crippen LogP contribution in [0.5, 0.6) is 0 Å². The lowest BCUT2D eigenvalue weighted by molar-refractivity contribution is 0.0529. The first-order valence-electron chi connectivity index (χ1n) is 6.58. The summed E-state index contributed by atoms with van der Waals surface area (Å²) >= 11 is 1.31. The number of carbonyl (C=O) groups is 2. The molecule has 0 bridgehead atoms. The summed E-state index contributed by atoms with van der Waals surface area (Å²) < 4.78 is 5.09. The number of aromatic nitrogens is 2. The molecule has 0 atom stereocenters. The average molecular weight is 328 g/mol. The van der Waals surface area contributed by atoms with E-state index < -0.39 is 17.7 Å². The van der Waals surface area contributed by atoms with Gasteiger partial charge in [-0.3, -0.25) is 0 Å². The van der Waals surface area contributed by atoms with Crippen LogP contribution in [0.15, 0.2) is 11.4 Å². The Morgan fingerprint density at radius 3 is 2.59 bits per heavy atom. The monoisotopic (exact) mass is 328 g/mol. The Morgan fingerprint density at radius 1 is 1.36 bits per heavy atom. The topological polar surface area (TPSA) is 113 Å². The molecule has 1 rings (SSSR count). The van der Waals surface area contributed by atoms with Crippen LogP contribution < -0.4 is 10.6 Å². The molecule has 122 valence electrons. The molecule has 1 heterocycles. The molecule has 0 spiro atoms. The van der Waals surface area contributed by atoms with Gasteiger partial charge in [0.05, 0.1) is 0 Å². The van der Waals surface area contributed by atoms with Crippen LogP contribution in [-0.4, -0.2) is 52.1 Å². The van der Waals surface area contributed by atoms with Gasteiger partial charge < -0.3 is 20.5 Å². The van der Waals surface area contributed by atoms with Crippen molar-refractivity contribution in [2.75, 3.05) is 24.7 Å². The van der Waals surface area contributed by atoms with Crippen molar-refractivity contribution in [3.05, 3.63) is 11.8 Å². The van der Waals surface area contributed by atoms with E-state index in [1.807, 2.05) is 0 Å². The van der Waals surface area contributed by atoms with Crippen molar-refractivity contribution in [1.82, 2.24) is 15.3 Å². The Hall–Kier alpha value is -2.03. The first kappa shape index (κ1) is 18.0. The molecule has 0 aromatic carbocycles. The van der Waals surface area contributed by atoms with E-state index in [2.05, 4.69) is 20.6 Å². The van der Waals surface area contributed by atoms with E-state index >= 15 is 0 Å². The maximum atomic E-state index is 11.5. The van der Waals surface area contributed by atoms with Crippen molar-refractivity contribution >= 4 is 29.6 Å². The zero-order chi connectivity index (χ0) is 16.8. The molecule has 3 N–H and O–H groups in total. The molecule has 1 amide bonds. The number of amides is 1. The van der Waals surface area contributed by atoms with Crippen LogP contribution in [0.2, 0.25) is 0 Å². The molecule has 1 aromatic heterocycles. The summed E-state index contributed by atoms with van der Waals surface area (Å²) in [7, 11) is 0. The number of rotatable bonds is 6. The molecule has 0 aliphatic carbocycles. The Morgan fingerprint density at radius 2 is 2.05 bits per heavy atom. The van der Waals surface area contributed by atoms with Gasteiger partial charge in [0.15, 0.2) is 5.16 Å². The van der Waals surface area contributed by atoms with Gasteiger partial charge in [-0.1, -0.05) is 11.8 Å². The molecule has 0 saturated heterocycles. The second kappa shape index (κ2) is 7.83. The minimum absolute atomic E-state index is 0.0185. The number of ether oxygens (including phenoxy) is 1. The fourth-order valence-corrected chi connectivity index (χ4v) is 1.76. The van der Waals surface area contributed by atoms with Crippen LogP contribution in [0.1, 0.15) is 31.1 Å². The molecular formula is C13H20N4O4S. The summed E-state index contributed by atoms with van der Waals surface area (Å²) in [4.78, 5) is 30.6. The highest BCUT2D eigenvalue weighted by molar-refractivity contribution is 7.98. The number of carbonyl (C=O) groups excluding carboxylic acids is 1. The number of hydrogen-bond donors (Lipinski definition) is 3. The third-order valence-electron chi connectivity index (χ3n) is 2.27. The van der Waals surface area contributed by atoms with Crippen molar-refractivity contribution < 1.29 is 19.4 Å². The van der Waals surface area contributed by atoms with Gasteiger partial charge in [-0.15, -0.1) is 0 Å². The zero-order valence-electron chi connectivity index (χ0n) is 13.0. The molecule has 0 aliphatic rings. The molecular weight excluding hydrogens is 308 g/mol. The standard InChI is InChI=1S/C13H20N4O4S/c1-13(2,3)21-12(20)15-6-5-14-9-8(10(18)19)7-16-11(17-9)22-4/h7H,5-6H2,1-4H3,(H,15,20)(H,18,19)(H,14,16,17). The van der Waals surface area contributed by atoms with Gasteiger partial charge in [-0.2, -0.15) is 0 Å². The lowest BCUT2D eigenvalue weighted by Gasteiger charge is -2.19. The fourth-order valence-electron chi connectivity index (χ4n) is 1.41. The van der Waals surface area contributed by atoms with E-state index in [0.717, 1.165) is 0 Å². The first-order chi connectivity index (χ1) is 10.2. The fraction of sp³-hybridized carbons (Fsp3) is 0.538. The summed E-state index contributed by atoms with van der Waals surface area (Å²) in [5, 5.41) is 15.0. The van der Waals surface area contributed by atoms with Gasteiger partial charge >= 0.3 is 12.1 Å². The van der Waals surface area contributed by atoms with E-state index in [1.165, 1.54) is 18.0 Å². The number of carboxylic acid groups (broad SMARTS) is 1. The molecule has 8 nitrogen and oxygen atoms in total. The van der Waals surface area contributed by atoms with E-state index in [9.17, 15) is 9.59 Å². The number of aromatic carboxylic acids is 1.